The predicted molar refractivity (Wildman–Crippen MR) is 120 cm³/mol. The van der Waals surface area contributed by atoms with Crippen LogP contribution in [0.15, 0.2) is 84.9 Å². The van der Waals surface area contributed by atoms with Gasteiger partial charge in [-0.2, -0.15) is 0 Å². The van der Waals surface area contributed by atoms with E-state index in [1.807, 2.05) is 0 Å². The molecule has 4 rings (SSSR count). The number of nitrogens with zero attached hydrogens (tertiary/aromatic N) is 1. The van der Waals surface area contributed by atoms with E-state index in [9.17, 15) is 4.39 Å². The highest BCUT2D eigenvalue weighted by molar-refractivity contribution is 7.80. The summed E-state index contributed by atoms with van der Waals surface area (Å²) in [6.07, 6.45) is 0. The van der Waals surface area contributed by atoms with E-state index in [0.29, 0.717) is 16.8 Å². The highest BCUT2D eigenvalue weighted by atomic mass is 32.1. The van der Waals surface area contributed by atoms with Crippen molar-refractivity contribution in [2.24, 2.45) is 0 Å². The zero-order valence-electron chi connectivity index (χ0n) is 16.2. The van der Waals surface area contributed by atoms with Crippen molar-refractivity contribution in [3.05, 3.63) is 102 Å². The monoisotopic (exact) mass is 406 g/mol. The number of anilines is 1. The minimum Gasteiger partial charge on any atom is -0.338 e. The maximum absolute atomic E-state index is 13.9. The van der Waals surface area contributed by atoms with E-state index in [0.717, 1.165) is 26.2 Å². The van der Waals surface area contributed by atoms with E-state index in [2.05, 4.69) is 70.9 Å². The minimum absolute atomic E-state index is 0.285. The van der Waals surface area contributed by atoms with Gasteiger partial charge in [-0.15, -0.1) is 0 Å². The van der Waals surface area contributed by atoms with Crippen LogP contribution in [0.2, 0.25) is 0 Å². The van der Waals surface area contributed by atoms with Crippen LogP contribution in [0.5, 0.6) is 0 Å². The molecule has 1 aliphatic heterocycles. The maximum Gasteiger partial charge on any atom is 0.173 e. The van der Waals surface area contributed by atoms with Crippen molar-refractivity contribution in [3.8, 4) is 0 Å². The molecule has 1 saturated heterocycles. The summed E-state index contributed by atoms with van der Waals surface area (Å²) in [6, 6.07) is 28.3. The summed E-state index contributed by atoms with van der Waals surface area (Å²) in [5.41, 5.74) is 3.09. The Morgan fingerprint density at radius 1 is 0.828 bits per heavy atom. The molecule has 3 nitrogen and oxygen atoms in total. The first-order chi connectivity index (χ1) is 14.2. The van der Waals surface area contributed by atoms with Gasteiger partial charge in [0.25, 0.3) is 0 Å². The van der Waals surface area contributed by atoms with Crippen molar-refractivity contribution >= 4 is 23.0 Å². The Labute approximate surface area is 176 Å². The molecule has 0 radical (unpaired) electrons. The van der Waals surface area contributed by atoms with Gasteiger partial charge >= 0.3 is 0 Å². The summed E-state index contributed by atoms with van der Waals surface area (Å²) in [7, 11) is 0. The summed E-state index contributed by atoms with van der Waals surface area (Å²) < 4.78 is 13.9. The lowest BCUT2D eigenvalue weighted by atomic mass is 9.96. The van der Waals surface area contributed by atoms with Crippen molar-refractivity contribution in [1.29, 1.82) is 0 Å². The molecule has 0 unspecified atom stereocenters. The number of hydrogen-bond acceptors (Lipinski definition) is 1. The number of rotatable bonds is 4. The van der Waals surface area contributed by atoms with Gasteiger partial charge in [-0.05, 0) is 24.4 Å². The van der Waals surface area contributed by atoms with Crippen molar-refractivity contribution in [2.75, 3.05) is 31.5 Å². The molecule has 1 aliphatic rings. The third-order valence-corrected chi connectivity index (χ3v) is 5.84. The second-order valence-electron chi connectivity index (χ2n) is 7.31. The zero-order chi connectivity index (χ0) is 20.1. The van der Waals surface area contributed by atoms with Crippen LogP contribution in [-0.2, 0) is 0 Å². The Hall–Kier alpha value is -2.76. The third kappa shape index (κ3) is 4.63. The quantitative estimate of drug-likeness (QED) is 0.647. The smallest absolute Gasteiger partial charge is 0.173 e. The number of para-hydroxylation sites is 1. The average molecular weight is 407 g/mol. The molecule has 2 N–H and O–H groups in total. The van der Waals surface area contributed by atoms with Gasteiger partial charge in [0, 0.05) is 11.1 Å². The molecule has 0 aromatic heterocycles. The molecule has 0 amide bonds. The fraction of sp³-hybridized carbons (Fsp3) is 0.208. The molecule has 29 heavy (non-hydrogen) atoms. The zero-order valence-corrected chi connectivity index (χ0v) is 17.0. The lowest BCUT2D eigenvalue weighted by Crippen LogP contribution is -3.15. The number of nitrogens with one attached hydrogen (secondary N) is 2. The van der Waals surface area contributed by atoms with E-state index < -0.39 is 0 Å². The standard InChI is InChI=1S/C24H24FN3S/c25-21-13-7-8-14-22(21)26-24(29)28-17-15-27(16-18-28)23(19-9-3-1-4-10-19)20-11-5-2-6-12-20/h1-14,23H,15-18H2,(H,26,29)/p+1. The summed E-state index contributed by atoms with van der Waals surface area (Å²) in [5, 5.41) is 3.65. The lowest BCUT2D eigenvalue weighted by Gasteiger charge is -2.38. The van der Waals surface area contributed by atoms with Crippen LogP contribution in [0.3, 0.4) is 0 Å². The molecule has 148 valence electrons. The minimum atomic E-state index is -0.285. The number of thiocarbonyl (C=S) groups is 1. The van der Waals surface area contributed by atoms with Gasteiger partial charge < -0.3 is 15.1 Å². The van der Waals surface area contributed by atoms with Crippen molar-refractivity contribution in [2.45, 2.75) is 6.04 Å². The summed E-state index contributed by atoms with van der Waals surface area (Å²) in [6.45, 7) is 3.61. The van der Waals surface area contributed by atoms with E-state index in [1.165, 1.54) is 22.1 Å². The van der Waals surface area contributed by atoms with Gasteiger partial charge in [-0.25, -0.2) is 4.39 Å². The van der Waals surface area contributed by atoms with Gasteiger partial charge in [0.2, 0.25) is 0 Å². The third-order valence-electron chi connectivity index (χ3n) is 5.48. The fourth-order valence-corrected chi connectivity index (χ4v) is 4.29. The number of hydrogen-bond donors (Lipinski definition) is 2. The van der Waals surface area contributed by atoms with Crippen LogP contribution in [0, 0.1) is 5.82 Å². The molecule has 0 atom stereocenters. The number of benzene rings is 3. The van der Waals surface area contributed by atoms with Gasteiger partial charge in [0.15, 0.2) is 5.11 Å². The average Bonchev–Trinajstić information content (AvgIpc) is 2.77. The molecule has 3 aromatic rings. The number of halogens is 1. The van der Waals surface area contributed by atoms with Crippen molar-refractivity contribution < 1.29 is 9.29 Å². The second-order valence-corrected chi connectivity index (χ2v) is 7.70. The molecule has 1 heterocycles. The largest absolute Gasteiger partial charge is 0.338 e. The van der Waals surface area contributed by atoms with E-state index >= 15 is 0 Å². The number of piperazine rings is 1. The van der Waals surface area contributed by atoms with Crippen LogP contribution in [0.25, 0.3) is 0 Å². The van der Waals surface area contributed by atoms with E-state index in [4.69, 9.17) is 12.2 Å². The van der Waals surface area contributed by atoms with Gasteiger partial charge in [0.05, 0.1) is 31.9 Å². The van der Waals surface area contributed by atoms with Gasteiger partial charge in [-0.1, -0.05) is 72.8 Å². The van der Waals surface area contributed by atoms with Crippen molar-refractivity contribution in [1.82, 2.24) is 4.90 Å². The van der Waals surface area contributed by atoms with E-state index in [1.54, 1.807) is 18.2 Å². The van der Waals surface area contributed by atoms with Crippen LogP contribution in [0.4, 0.5) is 10.1 Å². The normalized spacial score (nSPS) is 14.8. The molecule has 3 aromatic carbocycles. The molecule has 0 aliphatic carbocycles. The van der Waals surface area contributed by atoms with Crippen LogP contribution in [-0.4, -0.2) is 36.2 Å². The molecule has 1 fully saturated rings. The maximum atomic E-state index is 13.9. The molecule has 0 saturated carbocycles. The topological polar surface area (TPSA) is 19.7 Å². The molecule has 0 bridgehead atoms. The SMILES string of the molecule is Fc1ccccc1NC(=S)N1CC[NH+](C(c2ccccc2)c2ccccc2)CC1. The number of quaternary nitrogens is 1. The second kappa shape index (κ2) is 9.16. The Morgan fingerprint density at radius 2 is 1.34 bits per heavy atom. The molecular formula is C24H25FN3S+. The predicted octanol–water partition coefficient (Wildman–Crippen LogP) is 3.51. The van der Waals surface area contributed by atoms with Crippen LogP contribution < -0.4 is 10.2 Å². The molecule has 0 spiro atoms. The van der Waals surface area contributed by atoms with Crippen molar-refractivity contribution in [3.63, 3.8) is 0 Å². The molecular weight excluding hydrogens is 381 g/mol. The van der Waals surface area contributed by atoms with Crippen LogP contribution >= 0.6 is 12.2 Å². The summed E-state index contributed by atoms with van der Waals surface area (Å²) in [4.78, 5) is 3.66. The highest BCUT2D eigenvalue weighted by Gasteiger charge is 2.30. The van der Waals surface area contributed by atoms with E-state index in [-0.39, 0.29) is 5.82 Å². The van der Waals surface area contributed by atoms with Gasteiger partial charge in [0.1, 0.15) is 11.9 Å². The Balaban J connectivity index is 1.46. The first-order valence-corrected chi connectivity index (χ1v) is 10.4. The molecule has 5 heteroatoms. The van der Waals surface area contributed by atoms with Gasteiger partial charge in [-0.3, -0.25) is 0 Å². The fourth-order valence-electron chi connectivity index (χ4n) is 4.00. The summed E-state index contributed by atoms with van der Waals surface area (Å²) in [5.74, 6) is -0.285. The highest BCUT2D eigenvalue weighted by Crippen LogP contribution is 2.19. The first-order valence-electron chi connectivity index (χ1n) is 9.97. The Morgan fingerprint density at radius 3 is 1.90 bits per heavy atom. The Kier molecular flexibility index (Phi) is 6.17. The Bertz CT molecular complexity index is 901. The summed E-state index contributed by atoms with van der Waals surface area (Å²) >= 11 is 5.55. The van der Waals surface area contributed by atoms with Crippen LogP contribution in [0.1, 0.15) is 17.2 Å². The lowest BCUT2D eigenvalue weighted by molar-refractivity contribution is -0.929. The first kappa shape index (κ1) is 19.6.